The Hall–Kier alpha value is -1.98. The van der Waals surface area contributed by atoms with E-state index in [0.717, 1.165) is 9.13 Å². The number of halogens is 1. The van der Waals surface area contributed by atoms with Crippen molar-refractivity contribution >= 4 is 60.7 Å². The summed E-state index contributed by atoms with van der Waals surface area (Å²) in [6.07, 6.45) is 1.52. The molecule has 2 N–H and O–H groups in total. The van der Waals surface area contributed by atoms with Crippen molar-refractivity contribution in [2.45, 2.75) is 11.8 Å². The van der Waals surface area contributed by atoms with Crippen molar-refractivity contribution in [3.63, 3.8) is 0 Å². The molecule has 0 unspecified atom stereocenters. The number of aromatic nitrogens is 1. The van der Waals surface area contributed by atoms with Crippen LogP contribution in [0.25, 0.3) is 0 Å². The maximum absolute atomic E-state index is 12.3. The summed E-state index contributed by atoms with van der Waals surface area (Å²) in [5.74, 6) is -0.251. The van der Waals surface area contributed by atoms with Crippen LogP contribution in [0.4, 0.5) is 10.8 Å². The van der Waals surface area contributed by atoms with E-state index in [1.54, 1.807) is 23.6 Å². The van der Waals surface area contributed by atoms with Gasteiger partial charge in [0.15, 0.2) is 5.13 Å². The molecule has 6 nitrogen and oxygen atoms in total. The molecule has 0 aliphatic heterocycles. The van der Waals surface area contributed by atoms with Crippen LogP contribution >= 0.6 is 33.9 Å². The number of sulfonamides is 1. The van der Waals surface area contributed by atoms with Gasteiger partial charge in [-0.2, -0.15) is 0 Å². The van der Waals surface area contributed by atoms with E-state index in [0.29, 0.717) is 16.4 Å². The molecule has 0 aliphatic carbocycles. The van der Waals surface area contributed by atoms with Crippen LogP contribution < -0.4 is 10.0 Å². The molecule has 0 atom stereocenters. The summed E-state index contributed by atoms with van der Waals surface area (Å²) < 4.78 is 28.0. The number of carbonyl (C=O) groups excluding carboxylic acids is 1. The molecule has 0 aliphatic rings. The Morgan fingerprint density at radius 2 is 1.88 bits per heavy atom. The zero-order valence-corrected chi connectivity index (χ0v) is 17.4. The lowest BCUT2D eigenvalue weighted by molar-refractivity contribution is 0.102. The predicted octanol–water partition coefficient (Wildman–Crippen LogP) is 4.11. The van der Waals surface area contributed by atoms with Crippen molar-refractivity contribution in [3.05, 3.63) is 68.7 Å². The minimum atomic E-state index is -3.71. The van der Waals surface area contributed by atoms with Gasteiger partial charge in [0.2, 0.25) is 0 Å². The van der Waals surface area contributed by atoms with E-state index in [9.17, 15) is 13.2 Å². The third-order valence-corrected chi connectivity index (χ3v) is 6.85. The standard InChI is InChI=1S/C17H14IN3O3S2/c1-11-2-3-12(10-15(11)18)16(22)20-13-4-6-14(7-5-13)26(23,24)21-17-19-8-9-25-17/h2-10H,1H3,(H,19,21)(H,20,22). The van der Waals surface area contributed by atoms with E-state index in [1.165, 1.54) is 29.7 Å². The molecule has 0 bridgehead atoms. The third-order valence-electron chi connectivity index (χ3n) is 3.51. The van der Waals surface area contributed by atoms with Gasteiger partial charge in [-0.1, -0.05) is 6.07 Å². The maximum Gasteiger partial charge on any atom is 0.263 e. The summed E-state index contributed by atoms with van der Waals surface area (Å²) in [6, 6.07) is 11.4. The molecule has 0 fully saturated rings. The van der Waals surface area contributed by atoms with Crippen molar-refractivity contribution in [1.29, 1.82) is 0 Å². The fourth-order valence-corrected chi connectivity index (χ4v) is 4.41. The van der Waals surface area contributed by atoms with E-state index >= 15 is 0 Å². The Morgan fingerprint density at radius 3 is 2.50 bits per heavy atom. The fraction of sp³-hybridized carbons (Fsp3) is 0.0588. The topological polar surface area (TPSA) is 88.2 Å². The summed E-state index contributed by atoms with van der Waals surface area (Å²) in [5, 5.41) is 4.75. The largest absolute Gasteiger partial charge is 0.322 e. The highest BCUT2D eigenvalue weighted by atomic mass is 127. The number of anilines is 2. The molecule has 134 valence electrons. The van der Waals surface area contributed by atoms with Gasteiger partial charge in [-0.05, 0) is 71.5 Å². The highest BCUT2D eigenvalue weighted by molar-refractivity contribution is 14.1. The molecule has 0 saturated heterocycles. The van der Waals surface area contributed by atoms with Gasteiger partial charge in [-0.25, -0.2) is 13.4 Å². The van der Waals surface area contributed by atoms with Gasteiger partial charge in [-0.15, -0.1) is 11.3 Å². The first-order valence-electron chi connectivity index (χ1n) is 7.45. The summed E-state index contributed by atoms with van der Waals surface area (Å²) in [7, 11) is -3.71. The monoisotopic (exact) mass is 499 g/mol. The Balaban J connectivity index is 1.73. The number of rotatable bonds is 5. The van der Waals surface area contributed by atoms with Crippen LogP contribution in [-0.2, 0) is 10.0 Å². The van der Waals surface area contributed by atoms with Crippen LogP contribution in [0.2, 0.25) is 0 Å². The van der Waals surface area contributed by atoms with Gasteiger partial charge in [0, 0.05) is 26.4 Å². The normalized spacial score (nSPS) is 11.2. The molecule has 9 heteroatoms. The van der Waals surface area contributed by atoms with E-state index in [4.69, 9.17) is 0 Å². The Bertz CT molecular complexity index is 1030. The SMILES string of the molecule is Cc1ccc(C(=O)Nc2ccc(S(=O)(=O)Nc3nccs3)cc2)cc1I. The molecule has 1 amide bonds. The van der Waals surface area contributed by atoms with E-state index in [1.807, 2.05) is 19.1 Å². The first-order valence-corrected chi connectivity index (χ1v) is 10.9. The average molecular weight is 499 g/mol. The molecule has 3 rings (SSSR count). The number of carbonyl (C=O) groups is 1. The van der Waals surface area contributed by atoms with Gasteiger partial charge in [0.1, 0.15) is 0 Å². The zero-order chi connectivity index (χ0) is 18.7. The smallest absolute Gasteiger partial charge is 0.263 e. The molecule has 2 aromatic carbocycles. The predicted molar refractivity (Wildman–Crippen MR) is 111 cm³/mol. The van der Waals surface area contributed by atoms with Gasteiger partial charge in [0.25, 0.3) is 15.9 Å². The Morgan fingerprint density at radius 1 is 1.15 bits per heavy atom. The summed E-state index contributed by atoms with van der Waals surface area (Å²) in [5.41, 5.74) is 2.16. The second-order valence-electron chi connectivity index (χ2n) is 5.39. The van der Waals surface area contributed by atoms with Gasteiger partial charge < -0.3 is 5.32 Å². The summed E-state index contributed by atoms with van der Waals surface area (Å²) in [4.78, 5) is 16.3. The molecule has 0 saturated carbocycles. The van der Waals surface area contributed by atoms with Gasteiger partial charge >= 0.3 is 0 Å². The zero-order valence-electron chi connectivity index (χ0n) is 13.6. The van der Waals surface area contributed by atoms with Crippen molar-refractivity contribution in [2.75, 3.05) is 10.0 Å². The lowest BCUT2D eigenvalue weighted by atomic mass is 10.1. The molecule has 1 aromatic heterocycles. The minimum Gasteiger partial charge on any atom is -0.322 e. The molecular weight excluding hydrogens is 485 g/mol. The number of hydrogen-bond acceptors (Lipinski definition) is 5. The highest BCUT2D eigenvalue weighted by Gasteiger charge is 2.15. The van der Waals surface area contributed by atoms with Crippen LogP contribution in [-0.4, -0.2) is 19.3 Å². The van der Waals surface area contributed by atoms with Crippen LogP contribution in [0.1, 0.15) is 15.9 Å². The highest BCUT2D eigenvalue weighted by Crippen LogP contribution is 2.20. The first-order chi connectivity index (χ1) is 12.3. The molecule has 0 spiro atoms. The minimum absolute atomic E-state index is 0.0931. The van der Waals surface area contributed by atoms with Crippen molar-refractivity contribution in [2.24, 2.45) is 0 Å². The van der Waals surface area contributed by atoms with E-state index in [2.05, 4.69) is 37.6 Å². The molecular formula is C17H14IN3O3S2. The number of nitrogens with one attached hydrogen (secondary N) is 2. The maximum atomic E-state index is 12.3. The molecule has 26 heavy (non-hydrogen) atoms. The number of benzene rings is 2. The number of amides is 1. The fourth-order valence-electron chi connectivity index (χ4n) is 2.10. The quantitative estimate of drug-likeness (QED) is 0.518. The number of thiazole rings is 1. The lowest BCUT2D eigenvalue weighted by Crippen LogP contribution is -2.14. The second kappa shape index (κ2) is 7.72. The van der Waals surface area contributed by atoms with Crippen molar-refractivity contribution < 1.29 is 13.2 Å². The van der Waals surface area contributed by atoms with Crippen LogP contribution in [0, 0.1) is 10.5 Å². The molecule has 3 aromatic rings. The van der Waals surface area contributed by atoms with E-state index < -0.39 is 10.0 Å². The van der Waals surface area contributed by atoms with Gasteiger partial charge in [0.05, 0.1) is 4.90 Å². The first kappa shape index (κ1) is 18.8. The number of aryl methyl sites for hydroxylation is 1. The van der Waals surface area contributed by atoms with E-state index in [-0.39, 0.29) is 10.8 Å². The number of nitrogens with zero attached hydrogens (tertiary/aromatic N) is 1. The molecule has 1 heterocycles. The number of hydrogen-bond donors (Lipinski definition) is 2. The lowest BCUT2D eigenvalue weighted by Gasteiger charge is -2.09. The van der Waals surface area contributed by atoms with Crippen LogP contribution in [0.3, 0.4) is 0 Å². The second-order valence-corrected chi connectivity index (χ2v) is 9.12. The van der Waals surface area contributed by atoms with Crippen molar-refractivity contribution in [1.82, 2.24) is 4.98 Å². The van der Waals surface area contributed by atoms with Gasteiger partial charge in [-0.3, -0.25) is 9.52 Å². The summed E-state index contributed by atoms with van der Waals surface area (Å²) in [6.45, 7) is 1.97. The average Bonchev–Trinajstić information content (AvgIpc) is 3.10. The Labute approximate surface area is 168 Å². The molecule has 0 radical (unpaired) electrons. The van der Waals surface area contributed by atoms with Crippen LogP contribution in [0.15, 0.2) is 58.9 Å². The third kappa shape index (κ3) is 4.40. The summed E-state index contributed by atoms with van der Waals surface area (Å²) >= 11 is 3.37. The van der Waals surface area contributed by atoms with Crippen LogP contribution in [0.5, 0.6) is 0 Å². The Kier molecular flexibility index (Phi) is 5.58. The van der Waals surface area contributed by atoms with Crippen molar-refractivity contribution in [3.8, 4) is 0 Å².